The maximum absolute atomic E-state index is 10.7. The third kappa shape index (κ3) is 6.78. The quantitative estimate of drug-likeness (QED) is 0.382. The molecule has 8 heteroatoms. The summed E-state index contributed by atoms with van der Waals surface area (Å²) in [5.41, 5.74) is 1.84. The summed E-state index contributed by atoms with van der Waals surface area (Å²) in [5.74, 6) is 0.871. The van der Waals surface area contributed by atoms with Gasteiger partial charge in [0, 0.05) is 31.8 Å². The molecule has 0 unspecified atom stereocenters. The second kappa shape index (κ2) is 10.8. The SMILES string of the molecule is CCOc1ccc(CNCCNc2ccc([N+](=O)[O-])cc2Cl)cc1.Cl. The van der Waals surface area contributed by atoms with Crippen molar-refractivity contribution in [2.45, 2.75) is 13.5 Å². The lowest BCUT2D eigenvalue weighted by atomic mass is 10.2. The largest absolute Gasteiger partial charge is 0.494 e. The first kappa shape index (κ1) is 21.0. The Balaban J connectivity index is 0.00000312. The Labute approximate surface area is 158 Å². The van der Waals surface area contributed by atoms with Crippen LogP contribution in [0.15, 0.2) is 42.5 Å². The zero-order chi connectivity index (χ0) is 17.4. The fraction of sp³-hybridized carbons (Fsp3) is 0.294. The van der Waals surface area contributed by atoms with E-state index in [2.05, 4.69) is 10.6 Å². The van der Waals surface area contributed by atoms with Crippen LogP contribution < -0.4 is 15.4 Å². The lowest BCUT2D eigenvalue weighted by Gasteiger charge is -2.10. The Morgan fingerprint density at radius 2 is 1.88 bits per heavy atom. The minimum absolute atomic E-state index is 0. The fourth-order valence-electron chi connectivity index (χ4n) is 2.15. The highest BCUT2D eigenvalue weighted by Crippen LogP contribution is 2.26. The minimum Gasteiger partial charge on any atom is -0.494 e. The van der Waals surface area contributed by atoms with Crippen LogP contribution in [0.2, 0.25) is 5.02 Å². The first-order chi connectivity index (χ1) is 11.6. The van der Waals surface area contributed by atoms with Crippen LogP contribution in [0.5, 0.6) is 5.75 Å². The number of nitro benzene ring substituents is 1. The first-order valence-electron chi connectivity index (χ1n) is 7.70. The predicted molar refractivity (Wildman–Crippen MR) is 103 cm³/mol. The second-order valence-electron chi connectivity index (χ2n) is 5.10. The van der Waals surface area contributed by atoms with E-state index in [1.165, 1.54) is 17.7 Å². The Kier molecular flexibility index (Phi) is 9.05. The molecule has 136 valence electrons. The van der Waals surface area contributed by atoms with Crippen LogP contribution in [0, 0.1) is 10.1 Å². The van der Waals surface area contributed by atoms with E-state index in [0.29, 0.717) is 23.9 Å². The first-order valence-corrected chi connectivity index (χ1v) is 8.08. The van der Waals surface area contributed by atoms with Crippen LogP contribution in [-0.4, -0.2) is 24.6 Å². The summed E-state index contributed by atoms with van der Waals surface area (Å²) >= 11 is 6.02. The molecule has 2 N–H and O–H groups in total. The van der Waals surface area contributed by atoms with Crippen molar-refractivity contribution in [2.75, 3.05) is 25.0 Å². The molecule has 0 amide bonds. The minimum atomic E-state index is -0.464. The molecule has 0 heterocycles. The van der Waals surface area contributed by atoms with Gasteiger partial charge in [0.25, 0.3) is 5.69 Å². The van der Waals surface area contributed by atoms with E-state index in [4.69, 9.17) is 16.3 Å². The average molecular weight is 386 g/mol. The molecule has 0 saturated carbocycles. The molecule has 2 aromatic carbocycles. The van der Waals surface area contributed by atoms with Gasteiger partial charge in [0.05, 0.1) is 22.2 Å². The Hall–Kier alpha value is -2.02. The normalized spacial score (nSPS) is 10.0. The summed E-state index contributed by atoms with van der Waals surface area (Å²) in [6, 6.07) is 12.4. The maximum Gasteiger partial charge on any atom is 0.271 e. The summed E-state index contributed by atoms with van der Waals surface area (Å²) in [4.78, 5) is 10.2. The van der Waals surface area contributed by atoms with Gasteiger partial charge in [-0.25, -0.2) is 0 Å². The molecule has 2 rings (SSSR count). The Morgan fingerprint density at radius 3 is 2.48 bits per heavy atom. The molecule has 0 bridgehead atoms. The fourth-order valence-corrected chi connectivity index (χ4v) is 2.39. The van der Waals surface area contributed by atoms with Crippen molar-refractivity contribution in [3.63, 3.8) is 0 Å². The van der Waals surface area contributed by atoms with Crippen LogP contribution in [0.4, 0.5) is 11.4 Å². The van der Waals surface area contributed by atoms with Crippen molar-refractivity contribution < 1.29 is 9.66 Å². The van der Waals surface area contributed by atoms with Crippen molar-refractivity contribution in [2.24, 2.45) is 0 Å². The van der Waals surface area contributed by atoms with Crippen LogP contribution in [0.25, 0.3) is 0 Å². The van der Waals surface area contributed by atoms with Crippen LogP contribution in [0.3, 0.4) is 0 Å². The van der Waals surface area contributed by atoms with Gasteiger partial charge in [-0.1, -0.05) is 23.7 Å². The smallest absolute Gasteiger partial charge is 0.271 e. The summed E-state index contributed by atoms with van der Waals surface area (Å²) in [6.45, 7) is 4.77. The third-order valence-corrected chi connectivity index (χ3v) is 3.66. The number of hydrogen-bond acceptors (Lipinski definition) is 5. The number of halogens is 2. The van der Waals surface area contributed by atoms with Crippen molar-refractivity contribution in [1.29, 1.82) is 0 Å². The van der Waals surface area contributed by atoms with Crippen LogP contribution >= 0.6 is 24.0 Å². The molecular formula is C17H21Cl2N3O3. The van der Waals surface area contributed by atoms with E-state index in [0.717, 1.165) is 18.8 Å². The Bertz CT molecular complexity index is 681. The zero-order valence-corrected chi connectivity index (χ0v) is 15.4. The van der Waals surface area contributed by atoms with E-state index < -0.39 is 4.92 Å². The van der Waals surface area contributed by atoms with Crippen LogP contribution in [0.1, 0.15) is 12.5 Å². The van der Waals surface area contributed by atoms with Crippen LogP contribution in [-0.2, 0) is 6.54 Å². The molecule has 6 nitrogen and oxygen atoms in total. The van der Waals surface area contributed by atoms with Gasteiger partial charge in [-0.15, -0.1) is 12.4 Å². The highest BCUT2D eigenvalue weighted by atomic mass is 35.5. The number of ether oxygens (including phenoxy) is 1. The molecule has 0 aromatic heterocycles. The van der Waals surface area contributed by atoms with Gasteiger partial charge in [0.2, 0.25) is 0 Å². The molecule has 25 heavy (non-hydrogen) atoms. The summed E-state index contributed by atoms with van der Waals surface area (Å²) in [6.07, 6.45) is 0. The Morgan fingerprint density at radius 1 is 1.16 bits per heavy atom. The molecule has 0 fully saturated rings. The number of nitro groups is 1. The highest BCUT2D eigenvalue weighted by molar-refractivity contribution is 6.33. The highest BCUT2D eigenvalue weighted by Gasteiger charge is 2.08. The van der Waals surface area contributed by atoms with Crippen molar-refractivity contribution in [3.8, 4) is 5.75 Å². The number of nitrogens with one attached hydrogen (secondary N) is 2. The third-order valence-electron chi connectivity index (χ3n) is 3.34. The van der Waals surface area contributed by atoms with Gasteiger partial charge >= 0.3 is 0 Å². The molecule has 0 radical (unpaired) electrons. The van der Waals surface area contributed by atoms with Crippen molar-refractivity contribution >= 4 is 35.4 Å². The predicted octanol–water partition coefficient (Wildman–Crippen LogP) is 4.27. The van der Waals surface area contributed by atoms with E-state index in [1.807, 2.05) is 31.2 Å². The second-order valence-corrected chi connectivity index (χ2v) is 5.51. The molecule has 0 aliphatic carbocycles. The molecule has 0 atom stereocenters. The molecule has 0 spiro atoms. The number of hydrogen-bond donors (Lipinski definition) is 2. The van der Waals surface area contributed by atoms with Crippen molar-refractivity contribution in [3.05, 3.63) is 63.2 Å². The monoisotopic (exact) mass is 385 g/mol. The van der Waals surface area contributed by atoms with Gasteiger partial charge in [0.1, 0.15) is 5.75 Å². The van der Waals surface area contributed by atoms with Gasteiger partial charge in [-0.3, -0.25) is 10.1 Å². The molecule has 0 aliphatic rings. The lowest BCUT2D eigenvalue weighted by molar-refractivity contribution is -0.384. The zero-order valence-electron chi connectivity index (χ0n) is 13.8. The van der Waals surface area contributed by atoms with E-state index >= 15 is 0 Å². The number of rotatable bonds is 9. The summed E-state index contributed by atoms with van der Waals surface area (Å²) in [7, 11) is 0. The van der Waals surface area contributed by atoms with Gasteiger partial charge in [0.15, 0.2) is 0 Å². The van der Waals surface area contributed by atoms with Gasteiger partial charge in [-0.2, -0.15) is 0 Å². The summed E-state index contributed by atoms with van der Waals surface area (Å²) < 4.78 is 5.40. The number of nitrogens with zero attached hydrogens (tertiary/aromatic N) is 1. The molecular weight excluding hydrogens is 365 g/mol. The number of non-ortho nitro benzene ring substituents is 1. The molecule has 2 aromatic rings. The number of benzene rings is 2. The molecule has 0 aliphatic heterocycles. The summed E-state index contributed by atoms with van der Waals surface area (Å²) in [5, 5.41) is 17.5. The number of anilines is 1. The van der Waals surface area contributed by atoms with E-state index in [1.54, 1.807) is 6.07 Å². The van der Waals surface area contributed by atoms with Crippen molar-refractivity contribution in [1.82, 2.24) is 5.32 Å². The topological polar surface area (TPSA) is 76.4 Å². The lowest BCUT2D eigenvalue weighted by Crippen LogP contribution is -2.21. The van der Waals surface area contributed by atoms with E-state index in [9.17, 15) is 10.1 Å². The average Bonchev–Trinajstić information content (AvgIpc) is 2.57. The van der Waals surface area contributed by atoms with Gasteiger partial charge < -0.3 is 15.4 Å². The van der Waals surface area contributed by atoms with E-state index in [-0.39, 0.29) is 18.1 Å². The standard InChI is InChI=1S/C17H20ClN3O3.ClH/c1-2-24-15-6-3-13(4-7-15)12-19-9-10-20-17-8-5-14(21(22)23)11-16(17)18;/h3-8,11,19-20H,2,9-10,12H2,1H3;1H. The maximum atomic E-state index is 10.7. The van der Waals surface area contributed by atoms with Gasteiger partial charge in [-0.05, 0) is 30.7 Å². The molecule has 0 saturated heterocycles.